The van der Waals surface area contributed by atoms with E-state index in [1.54, 1.807) is 20.0 Å². The third-order valence-corrected chi connectivity index (χ3v) is 8.79. The number of benzene rings is 1. The van der Waals surface area contributed by atoms with Crippen molar-refractivity contribution in [2.24, 2.45) is 0 Å². The Hall–Kier alpha value is -2.83. The van der Waals surface area contributed by atoms with Gasteiger partial charge < -0.3 is 14.8 Å². The van der Waals surface area contributed by atoms with Gasteiger partial charge in [-0.3, -0.25) is 0 Å². The summed E-state index contributed by atoms with van der Waals surface area (Å²) in [7, 11) is -0.341. The van der Waals surface area contributed by atoms with E-state index in [2.05, 4.69) is 15.3 Å². The van der Waals surface area contributed by atoms with E-state index in [4.69, 9.17) is 9.47 Å². The van der Waals surface area contributed by atoms with Crippen LogP contribution in [0, 0.1) is 12.7 Å². The Balaban J connectivity index is 1.56. The number of esters is 1. The van der Waals surface area contributed by atoms with E-state index in [9.17, 15) is 17.6 Å². The van der Waals surface area contributed by atoms with Crippen LogP contribution in [0.1, 0.15) is 40.9 Å². The summed E-state index contributed by atoms with van der Waals surface area (Å²) in [5.41, 5.74) is 1.21. The summed E-state index contributed by atoms with van der Waals surface area (Å²) in [6.45, 7) is 1.80. The molecular formula is C23H27FN4O5S2. The van der Waals surface area contributed by atoms with Gasteiger partial charge in [0.05, 0.1) is 30.5 Å². The molecule has 0 atom stereocenters. The minimum absolute atomic E-state index is 0.0742. The second-order valence-electron chi connectivity index (χ2n) is 8.54. The summed E-state index contributed by atoms with van der Waals surface area (Å²) in [6, 6.07) is 4.14. The van der Waals surface area contributed by atoms with Crippen molar-refractivity contribution >= 4 is 49.1 Å². The van der Waals surface area contributed by atoms with Gasteiger partial charge in [0.1, 0.15) is 33.4 Å². The molecular weight excluding hydrogens is 495 g/mol. The molecule has 0 bridgehead atoms. The number of rotatable bonds is 7. The molecule has 4 rings (SSSR count). The maximum Gasteiger partial charge on any atom is 0.348 e. The molecule has 12 heteroatoms. The number of hydrogen-bond donors (Lipinski definition) is 1. The highest BCUT2D eigenvalue weighted by Gasteiger charge is 2.29. The summed E-state index contributed by atoms with van der Waals surface area (Å²) in [5, 5.41) is 3.89. The Labute approximate surface area is 207 Å². The van der Waals surface area contributed by atoms with Crippen molar-refractivity contribution in [2.45, 2.75) is 44.8 Å². The lowest BCUT2D eigenvalue weighted by molar-refractivity contribution is 0.0605. The van der Waals surface area contributed by atoms with Crippen LogP contribution < -0.4 is 10.1 Å². The minimum atomic E-state index is -3.26. The zero-order valence-electron chi connectivity index (χ0n) is 19.9. The monoisotopic (exact) mass is 522 g/mol. The molecule has 188 valence electrons. The van der Waals surface area contributed by atoms with Crippen molar-refractivity contribution in [1.29, 1.82) is 0 Å². The van der Waals surface area contributed by atoms with Gasteiger partial charge in [0, 0.05) is 19.2 Å². The van der Waals surface area contributed by atoms with Crippen molar-refractivity contribution in [3.05, 3.63) is 40.8 Å². The summed E-state index contributed by atoms with van der Waals surface area (Å²) >= 11 is 1.22. The third kappa shape index (κ3) is 5.39. The molecule has 35 heavy (non-hydrogen) atoms. The Morgan fingerprint density at radius 1 is 1.23 bits per heavy atom. The van der Waals surface area contributed by atoms with Crippen LogP contribution in [0.2, 0.25) is 0 Å². The first-order valence-electron chi connectivity index (χ1n) is 11.1. The Morgan fingerprint density at radius 3 is 2.60 bits per heavy atom. The average molecular weight is 523 g/mol. The number of anilines is 2. The lowest BCUT2D eigenvalue weighted by atomic mass is 9.93. The van der Waals surface area contributed by atoms with Crippen molar-refractivity contribution < 1.29 is 27.1 Å². The quantitative estimate of drug-likeness (QED) is 0.459. The van der Waals surface area contributed by atoms with Crippen LogP contribution in [0.4, 0.5) is 15.9 Å². The van der Waals surface area contributed by atoms with Gasteiger partial charge in [0.15, 0.2) is 0 Å². The van der Waals surface area contributed by atoms with Gasteiger partial charge in [0.2, 0.25) is 10.0 Å². The lowest BCUT2D eigenvalue weighted by Gasteiger charge is -2.33. The minimum Gasteiger partial charge on any atom is -0.488 e. The van der Waals surface area contributed by atoms with Gasteiger partial charge in [-0.15, -0.1) is 11.3 Å². The van der Waals surface area contributed by atoms with Crippen LogP contribution in [-0.2, 0) is 14.8 Å². The number of sulfonamides is 1. The molecule has 0 amide bonds. The average Bonchev–Trinajstić information content (AvgIpc) is 3.17. The van der Waals surface area contributed by atoms with E-state index in [1.807, 2.05) is 0 Å². The van der Waals surface area contributed by atoms with Gasteiger partial charge in [-0.05, 0) is 50.3 Å². The fourth-order valence-corrected chi connectivity index (χ4v) is 6.07. The third-order valence-electron chi connectivity index (χ3n) is 6.27. The van der Waals surface area contributed by atoms with Crippen LogP contribution in [0.25, 0.3) is 10.2 Å². The van der Waals surface area contributed by atoms with Crippen LogP contribution in [0.15, 0.2) is 24.5 Å². The first kappa shape index (κ1) is 25.3. The molecule has 0 radical (unpaired) electrons. The second kappa shape index (κ2) is 10.0. The summed E-state index contributed by atoms with van der Waals surface area (Å²) in [4.78, 5) is 21.8. The van der Waals surface area contributed by atoms with E-state index in [0.29, 0.717) is 63.6 Å². The molecule has 1 aromatic carbocycles. The molecule has 1 saturated carbocycles. The predicted octanol–water partition coefficient (Wildman–Crippen LogP) is 4.25. The predicted molar refractivity (Wildman–Crippen MR) is 132 cm³/mol. The highest BCUT2D eigenvalue weighted by molar-refractivity contribution is 7.88. The normalized spacial score (nSPS) is 18.6. The largest absolute Gasteiger partial charge is 0.488 e. The van der Waals surface area contributed by atoms with Gasteiger partial charge in [-0.25, -0.2) is 31.9 Å². The van der Waals surface area contributed by atoms with Crippen molar-refractivity contribution in [2.75, 3.05) is 25.7 Å². The van der Waals surface area contributed by atoms with E-state index in [-0.39, 0.29) is 12.1 Å². The first-order chi connectivity index (χ1) is 16.6. The highest BCUT2D eigenvalue weighted by Crippen LogP contribution is 2.37. The van der Waals surface area contributed by atoms with E-state index >= 15 is 0 Å². The summed E-state index contributed by atoms with van der Waals surface area (Å²) in [5.74, 6) is -0.0884. The molecule has 0 spiro atoms. The molecule has 1 aliphatic rings. The van der Waals surface area contributed by atoms with E-state index in [0.717, 1.165) is 0 Å². The smallest absolute Gasteiger partial charge is 0.348 e. The number of ether oxygens (including phenoxy) is 2. The number of hydrogen-bond acceptors (Lipinski definition) is 9. The van der Waals surface area contributed by atoms with Gasteiger partial charge in [-0.2, -0.15) is 0 Å². The van der Waals surface area contributed by atoms with Crippen LogP contribution in [0.5, 0.6) is 5.75 Å². The first-order valence-corrected chi connectivity index (χ1v) is 13.7. The molecule has 0 saturated heterocycles. The molecule has 0 unspecified atom stereocenters. The molecule has 9 nitrogen and oxygen atoms in total. The summed E-state index contributed by atoms with van der Waals surface area (Å²) in [6.07, 6.45) is 5.01. The highest BCUT2D eigenvalue weighted by atomic mass is 32.2. The standard InChI is InChI=1S/C23H27FN4O5S2/c1-13-19-21(25-12-26-22(19)34-20(13)23(29)32-3)27-17-10-5-14(24)11-18(17)33-16-8-6-15(7-9-16)28(2)35(4,30)31/h5,10-12,15-16H,6-9H2,1-4H3,(H,25,26,27)/t15-,16-. The number of nitrogens with one attached hydrogen (secondary N) is 1. The zero-order valence-corrected chi connectivity index (χ0v) is 21.5. The Morgan fingerprint density at radius 2 is 1.94 bits per heavy atom. The number of halogens is 1. The summed E-state index contributed by atoms with van der Waals surface area (Å²) < 4.78 is 50.3. The van der Waals surface area contributed by atoms with Crippen molar-refractivity contribution in [3.8, 4) is 5.75 Å². The number of methoxy groups -OCH3 is 1. The fourth-order valence-electron chi connectivity index (χ4n) is 4.26. The SMILES string of the molecule is COC(=O)c1sc2ncnc(Nc3ccc(F)cc3O[C@H]3CC[C@H](N(C)S(C)(=O)=O)CC3)c2c1C. The number of thiophene rings is 1. The number of aryl methyl sites for hydroxylation is 1. The maximum atomic E-state index is 14.1. The fraction of sp³-hybridized carbons (Fsp3) is 0.435. The maximum absolute atomic E-state index is 14.1. The molecule has 1 N–H and O–H groups in total. The van der Waals surface area contributed by atoms with Gasteiger partial charge in [-0.1, -0.05) is 0 Å². The molecule has 1 aliphatic carbocycles. The molecule has 2 heterocycles. The molecule has 2 aromatic heterocycles. The van der Waals surface area contributed by atoms with Crippen molar-refractivity contribution in [3.63, 3.8) is 0 Å². The Bertz CT molecular complexity index is 1350. The van der Waals surface area contributed by atoms with Crippen LogP contribution in [0.3, 0.4) is 0 Å². The van der Waals surface area contributed by atoms with Gasteiger partial charge in [0.25, 0.3) is 0 Å². The second-order valence-corrected chi connectivity index (χ2v) is 11.6. The molecule has 0 aliphatic heterocycles. The number of nitrogens with zero attached hydrogens (tertiary/aromatic N) is 3. The number of fused-ring (bicyclic) bond motifs is 1. The number of carbonyl (C=O) groups excluding carboxylic acids is 1. The number of carbonyl (C=O) groups is 1. The topological polar surface area (TPSA) is 111 Å². The number of aromatic nitrogens is 2. The molecule has 1 fully saturated rings. The Kier molecular flexibility index (Phi) is 7.25. The van der Waals surface area contributed by atoms with Crippen molar-refractivity contribution in [1.82, 2.24) is 14.3 Å². The van der Waals surface area contributed by atoms with Crippen LogP contribution >= 0.6 is 11.3 Å². The van der Waals surface area contributed by atoms with E-state index in [1.165, 1.54) is 47.5 Å². The van der Waals surface area contributed by atoms with Crippen LogP contribution in [-0.4, -0.2) is 61.2 Å². The van der Waals surface area contributed by atoms with Gasteiger partial charge >= 0.3 is 5.97 Å². The lowest BCUT2D eigenvalue weighted by Crippen LogP contribution is -2.40. The zero-order chi connectivity index (χ0) is 25.3. The molecule has 3 aromatic rings. The van der Waals surface area contributed by atoms with E-state index < -0.39 is 21.8 Å².